The predicted molar refractivity (Wildman–Crippen MR) is 250 cm³/mol. The second-order valence-electron chi connectivity index (χ2n) is 19.0. The fraction of sp³-hybridized carbons (Fsp3) is 0.420. The minimum absolute atomic E-state index is 0.00668. The molecule has 2 aromatic heterocycles. The first-order valence-electron chi connectivity index (χ1n) is 23.4. The number of benzene rings is 3. The smallest absolute Gasteiger partial charge is 0.302 e. The Labute approximate surface area is 388 Å². The first-order valence-corrected chi connectivity index (χ1v) is 24.8. The highest BCUT2D eigenvalue weighted by molar-refractivity contribution is 7.90. The molecule has 0 bridgehead atoms. The quantitative estimate of drug-likeness (QED) is 0.0923. The monoisotopic (exact) mass is 932 g/mol. The summed E-state index contributed by atoms with van der Waals surface area (Å²) in [5.74, 6) is -3.14. The summed E-state index contributed by atoms with van der Waals surface area (Å²) in [5, 5.41) is 2.75. The number of aromatic amines is 1. The molecule has 3 N–H and O–H groups in total. The van der Waals surface area contributed by atoms with Crippen molar-refractivity contribution in [1.29, 1.82) is 0 Å². The van der Waals surface area contributed by atoms with Crippen molar-refractivity contribution in [2.45, 2.75) is 95.8 Å². The topological polar surface area (TPSA) is 168 Å². The van der Waals surface area contributed by atoms with Crippen LogP contribution in [0.5, 0.6) is 0 Å². The number of halogens is 2. The fourth-order valence-corrected chi connectivity index (χ4v) is 12.8. The van der Waals surface area contributed by atoms with Gasteiger partial charge >= 0.3 is 10.2 Å². The highest BCUT2D eigenvalue weighted by atomic mass is 32.2. The molecule has 67 heavy (non-hydrogen) atoms. The van der Waals surface area contributed by atoms with Crippen LogP contribution in [0.1, 0.15) is 109 Å². The van der Waals surface area contributed by atoms with Gasteiger partial charge in [0.1, 0.15) is 17.5 Å². The first-order chi connectivity index (χ1) is 32.2. The van der Waals surface area contributed by atoms with E-state index >= 15 is 8.78 Å². The molecule has 17 heteroatoms. The molecular formula is C50H54F2N8O6S. The van der Waals surface area contributed by atoms with Crippen molar-refractivity contribution in [3.63, 3.8) is 0 Å². The van der Waals surface area contributed by atoms with E-state index in [0.29, 0.717) is 59.8 Å². The summed E-state index contributed by atoms with van der Waals surface area (Å²) in [6, 6.07) is 16.8. The zero-order valence-corrected chi connectivity index (χ0v) is 38.4. The summed E-state index contributed by atoms with van der Waals surface area (Å²) in [7, 11) is -4.18. The van der Waals surface area contributed by atoms with Gasteiger partial charge in [-0.1, -0.05) is 24.3 Å². The molecule has 7 heterocycles. The highest BCUT2D eigenvalue weighted by Gasteiger charge is 2.40. The van der Waals surface area contributed by atoms with Gasteiger partial charge in [-0.15, -0.1) is 0 Å². The second kappa shape index (κ2) is 17.9. The van der Waals surface area contributed by atoms with E-state index in [1.807, 2.05) is 18.2 Å². The molecule has 4 fully saturated rings. The molecule has 14 nitrogen and oxygen atoms in total. The van der Waals surface area contributed by atoms with E-state index in [0.717, 1.165) is 87.4 Å². The average Bonchev–Trinajstić information content (AvgIpc) is 4.01. The number of carbonyl (C=O) groups is 4. The molecule has 3 aromatic carbocycles. The number of carbonyl (C=O) groups excluding carboxylic acids is 4. The lowest BCUT2D eigenvalue weighted by molar-refractivity contribution is -0.136. The molecule has 5 aliphatic rings. The number of nitrogens with zero attached hydrogens (tertiary/aromatic N) is 5. The number of fused-ring (bicyclic) bond motifs is 2. The summed E-state index contributed by atoms with van der Waals surface area (Å²) in [6.07, 6.45) is 9.23. The lowest BCUT2D eigenvalue weighted by atomic mass is 9.87. The van der Waals surface area contributed by atoms with E-state index < -0.39 is 50.8 Å². The minimum atomic E-state index is -4.18. The Morgan fingerprint density at radius 3 is 2.30 bits per heavy atom. The number of H-pyrrole nitrogens is 1. The van der Waals surface area contributed by atoms with Crippen LogP contribution in [0, 0.1) is 17.6 Å². The number of nitrogens with one attached hydrogen (secondary N) is 3. The van der Waals surface area contributed by atoms with Gasteiger partial charge < -0.3 is 19.7 Å². The molecule has 5 aromatic rings. The summed E-state index contributed by atoms with van der Waals surface area (Å²) >= 11 is 0. The standard InChI is InChI=1S/C50H54F2N8O6S/c1-29-3-4-30(2)60(29)67(65,66)56-42-12-11-41(51)45(46(42)52)47(62)40-26-54-48-39(40)24-35(25-53-48)32-5-8-37(9-6-32)58-21-15-31(16-22-58)27-57-19-17-33(18-20-57)34-7-10-38-36(23-34)28-59(50(38)64)43-13-14-44(61)55-49(43)63/h5-12,23-26,29-31,33,43,56H,3-4,13-22,27-28H2,1-2H3,(H,53,54)(H,55,61,63). The maximum absolute atomic E-state index is 16.0. The Balaban J connectivity index is 0.733. The van der Waals surface area contributed by atoms with Gasteiger partial charge in [-0.3, -0.25) is 29.2 Å². The molecule has 5 aliphatic heterocycles. The van der Waals surface area contributed by atoms with Crippen molar-refractivity contribution < 1.29 is 36.4 Å². The second-order valence-corrected chi connectivity index (χ2v) is 20.6. The zero-order chi connectivity index (χ0) is 46.7. The summed E-state index contributed by atoms with van der Waals surface area (Å²) in [6.45, 7) is 8.94. The van der Waals surface area contributed by atoms with Crippen LogP contribution >= 0.6 is 0 Å². The zero-order valence-electron chi connectivity index (χ0n) is 37.6. The van der Waals surface area contributed by atoms with E-state index in [9.17, 15) is 27.6 Å². The normalized spacial score (nSPS) is 22.4. The Hall–Kier alpha value is -6.04. The summed E-state index contributed by atoms with van der Waals surface area (Å²) < 4.78 is 61.3. The number of piperidine rings is 3. The first kappa shape index (κ1) is 44.8. The van der Waals surface area contributed by atoms with Crippen LogP contribution in [-0.2, 0) is 26.3 Å². The van der Waals surface area contributed by atoms with Gasteiger partial charge in [0.25, 0.3) is 5.91 Å². The molecule has 4 saturated heterocycles. The Morgan fingerprint density at radius 1 is 0.851 bits per heavy atom. The van der Waals surface area contributed by atoms with Gasteiger partial charge in [0, 0.05) is 84.8 Å². The van der Waals surface area contributed by atoms with Gasteiger partial charge in [0.15, 0.2) is 5.82 Å². The predicted octanol–water partition coefficient (Wildman–Crippen LogP) is 7.13. The minimum Gasteiger partial charge on any atom is -0.372 e. The lowest BCUT2D eigenvalue weighted by Gasteiger charge is -2.38. The number of hydrogen-bond acceptors (Lipinski definition) is 9. The van der Waals surface area contributed by atoms with Crippen LogP contribution in [0.15, 0.2) is 73.1 Å². The van der Waals surface area contributed by atoms with Crippen molar-refractivity contribution in [1.82, 2.24) is 29.4 Å². The Kier molecular flexibility index (Phi) is 12.0. The molecule has 3 atom stereocenters. The molecule has 350 valence electrons. The van der Waals surface area contributed by atoms with E-state index in [1.54, 1.807) is 31.0 Å². The molecule has 3 amide bonds. The van der Waals surface area contributed by atoms with Crippen molar-refractivity contribution >= 4 is 56.1 Å². The number of hydrogen-bond donors (Lipinski definition) is 3. The third-order valence-corrected chi connectivity index (χ3v) is 16.5. The van der Waals surface area contributed by atoms with Crippen LogP contribution in [0.3, 0.4) is 0 Å². The number of ketones is 1. The Morgan fingerprint density at radius 2 is 1.58 bits per heavy atom. The number of pyridine rings is 1. The average molecular weight is 933 g/mol. The van der Waals surface area contributed by atoms with Crippen LogP contribution in [0.25, 0.3) is 22.2 Å². The van der Waals surface area contributed by atoms with E-state index in [-0.39, 0.29) is 35.9 Å². The molecule has 0 radical (unpaired) electrons. The maximum Gasteiger partial charge on any atom is 0.302 e. The van der Waals surface area contributed by atoms with Gasteiger partial charge in [-0.05, 0) is 137 Å². The third-order valence-electron chi connectivity index (χ3n) is 14.8. The van der Waals surface area contributed by atoms with E-state index in [1.165, 1.54) is 16.1 Å². The summed E-state index contributed by atoms with van der Waals surface area (Å²) in [4.78, 5) is 65.2. The number of imide groups is 1. The van der Waals surface area contributed by atoms with Crippen molar-refractivity contribution in [2.24, 2.45) is 5.92 Å². The molecule has 0 spiro atoms. The fourth-order valence-electron chi connectivity index (χ4n) is 11.1. The van der Waals surface area contributed by atoms with Crippen molar-refractivity contribution in [2.75, 3.05) is 42.3 Å². The van der Waals surface area contributed by atoms with E-state index in [2.05, 4.69) is 54.1 Å². The summed E-state index contributed by atoms with van der Waals surface area (Å²) in [5.41, 5.74) is 4.55. The molecule has 10 rings (SSSR count). The number of likely N-dealkylation sites (tertiary alicyclic amines) is 1. The lowest BCUT2D eigenvalue weighted by Crippen LogP contribution is -2.52. The van der Waals surface area contributed by atoms with Crippen LogP contribution in [-0.4, -0.2) is 107 Å². The Bertz CT molecular complexity index is 2880. The largest absolute Gasteiger partial charge is 0.372 e. The van der Waals surface area contributed by atoms with Gasteiger partial charge in [-0.25, -0.2) is 13.8 Å². The third kappa shape index (κ3) is 8.61. The number of rotatable bonds is 11. The highest BCUT2D eigenvalue weighted by Crippen LogP contribution is 2.36. The van der Waals surface area contributed by atoms with Crippen molar-refractivity contribution in [3.05, 3.63) is 113 Å². The molecule has 3 unspecified atom stereocenters. The maximum atomic E-state index is 16.0. The van der Waals surface area contributed by atoms with Gasteiger partial charge in [-0.2, -0.15) is 12.7 Å². The van der Waals surface area contributed by atoms with Crippen LogP contribution < -0.4 is 14.9 Å². The van der Waals surface area contributed by atoms with Gasteiger partial charge in [0.2, 0.25) is 17.6 Å². The molecular weight excluding hydrogens is 879 g/mol. The van der Waals surface area contributed by atoms with E-state index in [4.69, 9.17) is 0 Å². The van der Waals surface area contributed by atoms with Crippen LogP contribution in [0.2, 0.25) is 0 Å². The molecule has 0 aliphatic carbocycles. The molecule has 0 saturated carbocycles. The van der Waals surface area contributed by atoms with Crippen molar-refractivity contribution in [3.8, 4) is 11.1 Å². The van der Waals surface area contributed by atoms with Gasteiger partial charge in [0.05, 0.1) is 11.3 Å². The SMILES string of the molecule is CC1CCC(C)N1S(=O)(=O)Nc1ccc(F)c(C(=O)c2c[nH]c3ncc(-c4ccc(N5CCC(CN6CCC(c7ccc8c(c7)CN(C7CCC(=O)NC7=O)C8=O)CC6)CC5)cc4)cc23)c1F. The number of anilines is 2. The van der Waals surface area contributed by atoms with Crippen LogP contribution in [0.4, 0.5) is 20.2 Å². The number of amides is 3. The number of aromatic nitrogens is 2.